The molecular formula is C9H16F3NO. The maximum Gasteiger partial charge on any atom is 0.401 e. The number of nitrogens with one attached hydrogen (secondary N) is 1. The molecule has 2 atom stereocenters. The van der Waals surface area contributed by atoms with Gasteiger partial charge in [-0.2, -0.15) is 13.2 Å². The highest BCUT2D eigenvalue weighted by Crippen LogP contribution is 2.23. The van der Waals surface area contributed by atoms with Gasteiger partial charge in [0.25, 0.3) is 0 Å². The molecule has 1 fully saturated rings. The molecule has 5 heteroatoms. The van der Waals surface area contributed by atoms with Crippen LogP contribution in [-0.4, -0.2) is 30.5 Å². The zero-order valence-electron chi connectivity index (χ0n) is 7.98. The highest BCUT2D eigenvalue weighted by molar-refractivity contribution is 4.74. The number of rotatable bonds is 3. The van der Waals surface area contributed by atoms with Gasteiger partial charge in [-0.1, -0.05) is 6.42 Å². The third-order valence-electron chi connectivity index (χ3n) is 2.51. The highest BCUT2D eigenvalue weighted by Gasteiger charge is 2.27. The second kappa shape index (κ2) is 4.98. The number of halogens is 3. The summed E-state index contributed by atoms with van der Waals surface area (Å²) in [6.45, 7) is -0.573. The van der Waals surface area contributed by atoms with E-state index in [4.69, 9.17) is 0 Å². The molecule has 84 valence electrons. The normalized spacial score (nSPS) is 29.1. The molecule has 0 aromatic carbocycles. The summed E-state index contributed by atoms with van der Waals surface area (Å²) in [7, 11) is 0. The smallest absolute Gasteiger partial charge is 0.393 e. The fraction of sp³-hybridized carbons (Fsp3) is 1.00. The first kappa shape index (κ1) is 11.8. The third-order valence-corrected chi connectivity index (χ3v) is 2.51. The minimum absolute atomic E-state index is 0.195. The molecule has 0 spiro atoms. The number of hydrogen-bond donors (Lipinski definition) is 2. The average Bonchev–Trinajstić information content (AvgIpc) is 2.01. The molecule has 0 aromatic rings. The van der Waals surface area contributed by atoms with Gasteiger partial charge in [0.15, 0.2) is 0 Å². The van der Waals surface area contributed by atoms with Crippen molar-refractivity contribution in [3.63, 3.8) is 0 Å². The second-order valence-electron chi connectivity index (χ2n) is 3.93. The monoisotopic (exact) mass is 211 g/mol. The van der Waals surface area contributed by atoms with E-state index in [2.05, 4.69) is 5.32 Å². The van der Waals surface area contributed by atoms with Gasteiger partial charge in [-0.05, 0) is 31.7 Å². The van der Waals surface area contributed by atoms with Gasteiger partial charge < -0.3 is 10.4 Å². The summed E-state index contributed by atoms with van der Waals surface area (Å²) < 4.78 is 35.3. The Morgan fingerprint density at radius 1 is 1.29 bits per heavy atom. The molecule has 1 aliphatic rings. The van der Waals surface area contributed by atoms with Crippen molar-refractivity contribution in [3.05, 3.63) is 0 Å². The molecule has 14 heavy (non-hydrogen) atoms. The summed E-state index contributed by atoms with van der Waals surface area (Å²) in [6.07, 6.45) is -1.20. The largest absolute Gasteiger partial charge is 0.401 e. The number of alkyl halides is 3. The van der Waals surface area contributed by atoms with E-state index in [1.54, 1.807) is 0 Å². The van der Waals surface area contributed by atoms with Crippen LogP contribution in [0.1, 0.15) is 25.7 Å². The third kappa shape index (κ3) is 4.81. The molecule has 0 aromatic heterocycles. The Morgan fingerprint density at radius 3 is 2.57 bits per heavy atom. The lowest BCUT2D eigenvalue weighted by molar-refractivity contribution is -0.125. The summed E-state index contributed by atoms with van der Waals surface area (Å²) in [4.78, 5) is 0. The summed E-state index contributed by atoms with van der Waals surface area (Å²) in [5.74, 6) is 0.195. The Morgan fingerprint density at radius 2 is 2.00 bits per heavy atom. The predicted octanol–water partition coefficient (Wildman–Crippen LogP) is 1.69. The van der Waals surface area contributed by atoms with Crippen LogP contribution in [0, 0.1) is 5.92 Å². The Bertz CT molecular complexity index is 172. The minimum atomic E-state index is -4.13. The van der Waals surface area contributed by atoms with Crippen LogP contribution in [0.25, 0.3) is 0 Å². The summed E-state index contributed by atoms with van der Waals surface area (Å²) in [5.41, 5.74) is 0. The van der Waals surface area contributed by atoms with Crippen molar-refractivity contribution in [1.29, 1.82) is 0 Å². The quantitative estimate of drug-likeness (QED) is 0.744. The van der Waals surface area contributed by atoms with E-state index in [9.17, 15) is 18.3 Å². The van der Waals surface area contributed by atoms with Gasteiger partial charge in [0, 0.05) is 0 Å². The van der Waals surface area contributed by atoms with Gasteiger partial charge in [0.05, 0.1) is 12.6 Å². The molecule has 0 amide bonds. The van der Waals surface area contributed by atoms with E-state index in [1.165, 1.54) is 0 Å². The SMILES string of the molecule is OC1CCCC(CNCC(F)(F)F)C1. The van der Waals surface area contributed by atoms with Crippen LogP contribution < -0.4 is 5.32 Å². The van der Waals surface area contributed by atoms with Crippen molar-refractivity contribution in [3.8, 4) is 0 Å². The zero-order valence-corrected chi connectivity index (χ0v) is 7.98. The van der Waals surface area contributed by atoms with Crippen molar-refractivity contribution in [2.24, 2.45) is 5.92 Å². The van der Waals surface area contributed by atoms with Crippen LogP contribution in [0.2, 0.25) is 0 Å². The lowest BCUT2D eigenvalue weighted by atomic mass is 9.87. The maximum atomic E-state index is 11.8. The van der Waals surface area contributed by atoms with Gasteiger partial charge in [-0.15, -0.1) is 0 Å². The van der Waals surface area contributed by atoms with Gasteiger partial charge in [0.1, 0.15) is 0 Å². The molecule has 2 nitrogen and oxygen atoms in total. The maximum absolute atomic E-state index is 11.8. The lowest BCUT2D eigenvalue weighted by Crippen LogP contribution is -2.34. The predicted molar refractivity (Wildman–Crippen MR) is 46.9 cm³/mol. The van der Waals surface area contributed by atoms with Crippen LogP contribution in [-0.2, 0) is 0 Å². The Balaban J connectivity index is 2.12. The van der Waals surface area contributed by atoms with Crippen LogP contribution in [0.4, 0.5) is 13.2 Å². The summed E-state index contributed by atoms with van der Waals surface area (Å²) in [6, 6.07) is 0. The first-order chi connectivity index (χ1) is 6.47. The number of hydrogen-bond acceptors (Lipinski definition) is 2. The van der Waals surface area contributed by atoms with Gasteiger partial charge >= 0.3 is 6.18 Å². The standard InChI is InChI=1S/C9H16F3NO/c10-9(11,12)6-13-5-7-2-1-3-8(14)4-7/h7-8,13-14H,1-6H2. The molecular weight excluding hydrogens is 195 g/mol. The second-order valence-corrected chi connectivity index (χ2v) is 3.93. The van der Waals surface area contributed by atoms with Crippen LogP contribution in [0.15, 0.2) is 0 Å². The van der Waals surface area contributed by atoms with E-state index in [1.807, 2.05) is 0 Å². The van der Waals surface area contributed by atoms with E-state index in [0.717, 1.165) is 19.3 Å². The summed E-state index contributed by atoms with van der Waals surface area (Å²) in [5, 5.41) is 11.7. The molecule has 1 saturated carbocycles. The molecule has 2 N–H and O–H groups in total. The molecule has 0 saturated heterocycles. The van der Waals surface area contributed by atoms with Crippen molar-refractivity contribution in [1.82, 2.24) is 5.32 Å². The fourth-order valence-corrected chi connectivity index (χ4v) is 1.87. The number of aliphatic hydroxyl groups excluding tert-OH is 1. The Hall–Kier alpha value is -0.290. The lowest BCUT2D eigenvalue weighted by Gasteiger charge is -2.26. The zero-order chi connectivity index (χ0) is 10.6. The topological polar surface area (TPSA) is 32.3 Å². The molecule has 1 rings (SSSR count). The molecule has 0 bridgehead atoms. The first-order valence-corrected chi connectivity index (χ1v) is 4.93. The van der Waals surface area contributed by atoms with E-state index in [-0.39, 0.29) is 12.0 Å². The summed E-state index contributed by atoms with van der Waals surface area (Å²) >= 11 is 0. The van der Waals surface area contributed by atoms with E-state index >= 15 is 0 Å². The van der Waals surface area contributed by atoms with E-state index < -0.39 is 12.7 Å². The minimum Gasteiger partial charge on any atom is -0.393 e. The molecule has 0 heterocycles. The van der Waals surface area contributed by atoms with E-state index in [0.29, 0.717) is 13.0 Å². The highest BCUT2D eigenvalue weighted by atomic mass is 19.4. The Labute approximate surface area is 81.5 Å². The van der Waals surface area contributed by atoms with Crippen molar-refractivity contribution in [2.75, 3.05) is 13.1 Å². The Kier molecular flexibility index (Phi) is 4.19. The van der Waals surface area contributed by atoms with Crippen LogP contribution in [0.3, 0.4) is 0 Å². The molecule has 0 radical (unpaired) electrons. The molecule has 1 aliphatic carbocycles. The molecule has 2 unspecified atom stereocenters. The van der Waals surface area contributed by atoms with Crippen molar-refractivity contribution >= 4 is 0 Å². The van der Waals surface area contributed by atoms with Gasteiger partial charge in [-0.25, -0.2) is 0 Å². The fourth-order valence-electron chi connectivity index (χ4n) is 1.87. The average molecular weight is 211 g/mol. The van der Waals surface area contributed by atoms with Crippen molar-refractivity contribution in [2.45, 2.75) is 38.0 Å². The first-order valence-electron chi connectivity index (χ1n) is 4.93. The number of aliphatic hydroxyl groups is 1. The van der Waals surface area contributed by atoms with Crippen LogP contribution >= 0.6 is 0 Å². The van der Waals surface area contributed by atoms with Crippen molar-refractivity contribution < 1.29 is 18.3 Å². The van der Waals surface area contributed by atoms with Crippen LogP contribution in [0.5, 0.6) is 0 Å². The van der Waals surface area contributed by atoms with Gasteiger partial charge in [0.2, 0.25) is 0 Å². The van der Waals surface area contributed by atoms with Gasteiger partial charge in [-0.3, -0.25) is 0 Å². The molecule has 0 aliphatic heterocycles.